The van der Waals surface area contributed by atoms with Gasteiger partial charge < -0.3 is 5.11 Å². The van der Waals surface area contributed by atoms with Gasteiger partial charge in [0.2, 0.25) is 0 Å². The normalized spacial score (nSPS) is 19.6. The first-order valence-electron chi connectivity index (χ1n) is 6.17. The Morgan fingerprint density at radius 3 is 1.38 bits per heavy atom. The molecule has 0 aliphatic carbocycles. The largest absolute Gasteiger partial charge is 0.481 e. The zero-order valence-corrected chi connectivity index (χ0v) is 10.2. The Labute approximate surface area is 97.9 Å². The Morgan fingerprint density at radius 2 is 1.06 bits per heavy atom. The van der Waals surface area contributed by atoms with Crippen LogP contribution in [0, 0.1) is 0 Å². The van der Waals surface area contributed by atoms with Crippen LogP contribution in [0.4, 0.5) is 0 Å². The maximum absolute atomic E-state index is 9.00. The molecular formula is C12H24O4. The lowest BCUT2D eigenvalue weighted by Gasteiger charge is -2.06. The van der Waals surface area contributed by atoms with E-state index in [1.165, 1.54) is 38.5 Å². The monoisotopic (exact) mass is 232 g/mol. The highest BCUT2D eigenvalue weighted by Crippen LogP contribution is 2.09. The van der Waals surface area contributed by atoms with Crippen molar-refractivity contribution < 1.29 is 19.7 Å². The summed E-state index contributed by atoms with van der Waals surface area (Å²) in [4.78, 5) is 19.0. The van der Waals surface area contributed by atoms with Crippen molar-refractivity contribution in [3.05, 3.63) is 0 Å². The van der Waals surface area contributed by atoms with E-state index in [-0.39, 0.29) is 0 Å². The fraction of sp³-hybridized carbons (Fsp3) is 0.917. The van der Waals surface area contributed by atoms with Crippen molar-refractivity contribution in [1.29, 1.82) is 0 Å². The molecule has 0 saturated carbocycles. The van der Waals surface area contributed by atoms with E-state index >= 15 is 0 Å². The molecule has 1 fully saturated rings. The van der Waals surface area contributed by atoms with Crippen molar-refractivity contribution in [3.63, 3.8) is 0 Å². The molecule has 1 rings (SSSR count). The summed E-state index contributed by atoms with van der Waals surface area (Å²) in [6.07, 6.45) is 10.4. The van der Waals surface area contributed by atoms with Crippen LogP contribution in [0.1, 0.15) is 58.3 Å². The molecule has 4 nitrogen and oxygen atoms in total. The number of hydrogen-bond donors (Lipinski definition) is 1. The molecule has 0 unspecified atom stereocenters. The van der Waals surface area contributed by atoms with Gasteiger partial charge in [-0.15, -0.1) is 0 Å². The zero-order valence-electron chi connectivity index (χ0n) is 10.2. The summed E-state index contributed by atoms with van der Waals surface area (Å²) in [6.45, 7) is 2.64. The third-order valence-electron chi connectivity index (χ3n) is 2.29. The number of rotatable bonds is 0. The van der Waals surface area contributed by atoms with E-state index in [9.17, 15) is 0 Å². The molecule has 96 valence electrons. The van der Waals surface area contributed by atoms with Gasteiger partial charge in [-0.2, -0.15) is 0 Å². The van der Waals surface area contributed by atoms with E-state index in [1.807, 2.05) is 0 Å². The van der Waals surface area contributed by atoms with Crippen molar-refractivity contribution >= 4 is 5.97 Å². The van der Waals surface area contributed by atoms with Crippen LogP contribution in [-0.4, -0.2) is 24.3 Å². The number of hydrogen-bond acceptors (Lipinski definition) is 3. The second kappa shape index (κ2) is 12.5. The van der Waals surface area contributed by atoms with Crippen LogP contribution in [0.3, 0.4) is 0 Å². The van der Waals surface area contributed by atoms with Gasteiger partial charge in [0.1, 0.15) is 0 Å². The lowest BCUT2D eigenvalue weighted by atomic mass is 10.1. The fourth-order valence-electron chi connectivity index (χ4n) is 1.50. The number of carbonyl (C=O) groups is 1. The summed E-state index contributed by atoms with van der Waals surface area (Å²) in [5.41, 5.74) is 0. The molecule has 0 atom stereocenters. The molecule has 1 N–H and O–H groups in total. The van der Waals surface area contributed by atoms with Crippen LogP contribution in [0.25, 0.3) is 0 Å². The van der Waals surface area contributed by atoms with Gasteiger partial charge in [-0.3, -0.25) is 4.79 Å². The molecule has 16 heavy (non-hydrogen) atoms. The molecule has 1 aliphatic rings. The fourth-order valence-corrected chi connectivity index (χ4v) is 1.50. The Balaban J connectivity index is 0.000000487. The SMILES string of the molecule is C1CCCCCOOCCCC1.CC(=O)O. The van der Waals surface area contributed by atoms with Crippen LogP contribution in [0.5, 0.6) is 0 Å². The van der Waals surface area contributed by atoms with Gasteiger partial charge >= 0.3 is 0 Å². The smallest absolute Gasteiger partial charge is 0.300 e. The molecule has 0 bridgehead atoms. The molecule has 0 amide bonds. The Kier molecular flexibility index (Phi) is 12.0. The molecule has 0 spiro atoms. The molecule has 1 heterocycles. The summed E-state index contributed by atoms with van der Waals surface area (Å²) in [6, 6.07) is 0. The van der Waals surface area contributed by atoms with Crippen LogP contribution in [0.15, 0.2) is 0 Å². The maximum atomic E-state index is 9.00. The average Bonchev–Trinajstić information content (AvgIpc) is 2.17. The van der Waals surface area contributed by atoms with E-state index in [0.717, 1.165) is 33.0 Å². The first-order valence-corrected chi connectivity index (χ1v) is 6.17. The summed E-state index contributed by atoms with van der Waals surface area (Å²) in [5.74, 6) is -0.833. The van der Waals surface area contributed by atoms with Gasteiger partial charge in [0.25, 0.3) is 5.97 Å². The molecular weight excluding hydrogens is 208 g/mol. The Morgan fingerprint density at radius 1 is 0.812 bits per heavy atom. The minimum Gasteiger partial charge on any atom is -0.481 e. The van der Waals surface area contributed by atoms with Gasteiger partial charge in [0.15, 0.2) is 0 Å². The number of carboxylic acids is 1. The van der Waals surface area contributed by atoms with Gasteiger partial charge in [0, 0.05) is 6.92 Å². The molecule has 0 aromatic heterocycles. The van der Waals surface area contributed by atoms with Crippen molar-refractivity contribution in [3.8, 4) is 0 Å². The lowest BCUT2D eigenvalue weighted by molar-refractivity contribution is -0.295. The quantitative estimate of drug-likeness (QED) is 0.652. The maximum Gasteiger partial charge on any atom is 0.300 e. The van der Waals surface area contributed by atoms with Crippen LogP contribution in [0.2, 0.25) is 0 Å². The van der Waals surface area contributed by atoms with Gasteiger partial charge in [-0.05, 0) is 12.8 Å². The van der Waals surface area contributed by atoms with Crippen LogP contribution < -0.4 is 0 Å². The minimum absolute atomic E-state index is 0.778. The highest BCUT2D eigenvalue weighted by atomic mass is 17.2. The minimum atomic E-state index is -0.833. The highest BCUT2D eigenvalue weighted by molar-refractivity contribution is 5.62. The van der Waals surface area contributed by atoms with Crippen molar-refractivity contribution in [2.75, 3.05) is 13.2 Å². The summed E-state index contributed by atoms with van der Waals surface area (Å²) >= 11 is 0. The zero-order chi connectivity index (χ0) is 12.1. The van der Waals surface area contributed by atoms with E-state index in [0.29, 0.717) is 0 Å². The van der Waals surface area contributed by atoms with Crippen molar-refractivity contribution in [1.82, 2.24) is 0 Å². The molecule has 0 aromatic rings. The molecule has 0 aromatic carbocycles. The molecule has 4 heteroatoms. The Bertz CT molecular complexity index is 112. The molecule has 1 saturated heterocycles. The Hall–Kier alpha value is -0.610. The van der Waals surface area contributed by atoms with E-state index < -0.39 is 5.97 Å². The topological polar surface area (TPSA) is 55.8 Å². The number of aliphatic carboxylic acids is 1. The van der Waals surface area contributed by atoms with Crippen molar-refractivity contribution in [2.45, 2.75) is 58.3 Å². The summed E-state index contributed by atoms with van der Waals surface area (Å²) in [5, 5.41) is 7.42. The third-order valence-corrected chi connectivity index (χ3v) is 2.29. The average molecular weight is 232 g/mol. The van der Waals surface area contributed by atoms with Crippen LogP contribution in [-0.2, 0) is 14.6 Å². The van der Waals surface area contributed by atoms with Gasteiger partial charge in [-0.1, -0.05) is 38.5 Å². The summed E-state index contributed by atoms with van der Waals surface area (Å²) < 4.78 is 0. The number of carboxylic acid groups (broad SMARTS) is 1. The molecule has 0 radical (unpaired) electrons. The van der Waals surface area contributed by atoms with E-state index in [2.05, 4.69) is 0 Å². The molecule has 1 aliphatic heterocycles. The van der Waals surface area contributed by atoms with Crippen molar-refractivity contribution in [2.24, 2.45) is 0 Å². The third kappa shape index (κ3) is 15.8. The van der Waals surface area contributed by atoms with E-state index in [4.69, 9.17) is 19.7 Å². The second-order valence-corrected chi connectivity index (χ2v) is 3.99. The lowest BCUT2D eigenvalue weighted by Crippen LogP contribution is -2.00. The first kappa shape index (κ1) is 15.4. The predicted octanol–water partition coefficient (Wildman–Crippen LogP) is 3.16. The predicted molar refractivity (Wildman–Crippen MR) is 62.1 cm³/mol. The second-order valence-electron chi connectivity index (χ2n) is 3.99. The highest BCUT2D eigenvalue weighted by Gasteiger charge is 1.96. The first-order chi connectivity index (χ1) is 7.73. The standard InChI is InChI=1S/C10H20O2.C2H4O2/c1-2-4-6-8-10-12-11-9-7-5-3-1;1-2(3)4/h1-10H2;1H3,(H,3,4). The van der Waals surface area contributed by atoms with Gasteiger partial charge in [0.05, 0.1) is 13.2 Å². The van der Waals surface area contributed by atoms with Crippen LogP contribution >= 0.6 is 0 Å². The van der Waals surface area contributed by atoms with E-state index in [1.54, 1.807) is 0 Å². The summed E-state index contributed by atoms with van der Waals surface area (Å²) in [7, 11) is 0. The van der Waals surface area contributed by atoms with Gasteiger partial charge in [-0.25, -0.2) is 9.78 Å².